The molecule has 2 rings (SSSR count). The number of nitrogens with two attached hydrogens (primary N) is 1. The number of hydrogen-bond donors (Lipinski definition) is 2. The molecule has 1 saturated carbocycles. The van der Waals surface area contributed by atoms with Gasteiger partial charge in [-0.15, -0.1) is 0 Å². The van der Waals surface area contributed by atoms with Gasteiger partial charge in [0.05, 0.1) is 6.42 Å². The molecule has 3 heteroatoms. The molecule has 1 aromatic rings. The van der Waals surface area contributed by atoms with Crippen molar-refractivity contribution >= 4 is 5.97 Å². The highest BCUT2D eigenvalue weighted by molar-refractivity contribution is 5.67. The zero-order chi connectivity index (χ0) is 12.3. The SMILES string of the molecule is NC[C@@]1(CC(=O)O)CCC(c2ccccc2)C1. The van der Waals surface area contributed by atoms with Crippen molar-refractivity contribution < 1.29 is 9.90 Å². The van der Waals surface area contributed by atoms with E-state index >= 15 is 0 Å². The Labute approximate surface area is 102 Å². The first kappa shape index (κ1) is 12.1. The second-order valence-corrected chi connectivity index (χ2v) is 5.13. The van der Waals surface area contributed by atoms with E-state index in [1.165, 1.54) is 5.56 Å². The first-order valence-corrected chi connectivity index (χ1v) is 6.12. The van der Waals surface area contributed by atoms with Gasteiger partial charge in [-0.1, -0.05) is 30.3 Å². The molecule has 3 nitrogen and oxygen atoms in total. The number of aliphatic carboxylic acids is 1. The van der Waals surface area contributed by atoms with Gasteiger partial charge in [0, 0.05) is 0 Å². The summed E-state index contributed by atoms with van der Waals surface area (Å²) in [7, 11) is 0. The van der Waals surface area contributed by atoms with E-state index in [2.05, 4.69) is 12.1 Å². The van der Waals surface area contributed by atoms with E-state index < -0.39 is 5.97 Å². The summed E-state index contributed by atoms with van der Waals surface area (Å²) in [5.74, 6) is -0.261. The molecule has 0 aliphatic heterocycles. The Morgan fingerprint density at radius 1 is 1.41 bits per heavy atom. The highest BCUT2D eigenvalue weighted by atomic mass is 16.4. The predicted molar refractivity (Wildman–Crippen MR) is 66.8 cm³/mol. The number of hydrogen-bond acceptors (Lipinski definition) is 2. The van der Waals surface area contributed by atoms with Crippen LogP contribution in [-0.4, -0.2) is 17.6 Å². The molecule has 0 aromatic heterocycles. The predicted octanol–water partition coefficient (Wildman–Crippen LogP) is 2.37. The van der Waals surface area contributed by atoms with E-state index in [4.69, 9.17) is 10.8 Å². The molecule has 1 unspecified atom stereocenters. The average Bonchev–Trinajstić information content (AvgIpc) is 2.74. The standard InChI is InChI=1S/C14H19NO2/c15-10-14(9-13(16)17)7-6-12(8-14)11-4-2-1-3-5-11/h1-5,12H,6-10,15H2,(H,16,17)/t12?,14-/m0/s1. The van der Waals surface area contributed by atoms with E-state index in [9.17, 15) is 4.79 Å². The maximum absolute atomic E-state index is 10.9. The summed E-state index contributed by atoms with van der Waals surface area (Å²) >= 11 is 0. The van der Waals surface area contributed by atoms with Crippen LogP contribution in [0.5, 0.6) is 0 Å². The second-order valence-electron chi connectivity index (χ2n) is 5.13. The quantitative estimate of drug-likeness (QED) is 0.839. The molecule has 2 atom stereocenters. The van der Waals surface area contributed by atoms with Crippen molar-refractivity contribution in [1.29, 1.82) is 0 Å². The first-order chi connectivity index (χ1) is 8.15. The Kier molecular flexibility index (Phi) is 3.48. The zero-order valence-electron chi connectivity index (χ0n) is 9.93. The number of carboxylic acids is 1. The topological polar surface area (TPSA) is 63.3 Å². The molecule has 3 N–H and O–H groups in total. The van der Waals surface area contributed by atoms with Gasteiger partial charge in [0.25, 0.3) is 0 Å². The van der Waals surface area contributed by atoms with E-state index in [1.54, 1.807) is 0 Å². The molecule has 0 saturated heterocycles. The van der Waals surface area contributed by atoms with E-state index in [0.29, 0.717) is 12.5 Å². The molecule has 0 spiro atoms. The number of carbonyl (C=O) groups is 1. The third-order valence-electron chi connectivity index (χ3n) is 3.93. The number of carboxylic acid groups (broad SMARTS) is 1. The average molecular weight is 233 g/mol. The van der Waals surface area contributed by atoms with Crippen LogP contribution >= 0.6 is 0 Å². The molecule has 0 bridgehead atoms. The molecule has 0 amide bonds. The lowest BCUT2D eigenvalue weighted by molar-refractivity contribution is -0.139. The minimum atomic E-state index is -0.732. The molecule has 17 heavy (non-hydrogen) atoms. The highest BCUT2D eigenvalue weighted by Gasteiger charge is 2.40. The largest absolute Gasteiger partial charge is 0.481 e. The van der Waals surface area contributed by atoms with Crippen LogP contribution in [0.25, 0.3) is 0 Å². The minimum absolute atomic E-state index is 0.188. The maximum atomic E-state index is 10.9. The Bertz CT molecular complexity index is 390. The summed E-state index contributed by atoms with van der Waals surface area (Å²) in [6.45, 7) is 0.475. The molecular formula is C14H19NO2. The first-order valence-electron chi connectivity index (χ1n) is 6.12. The number of benzene rings is 1. The smallest absolute Gasteiger partial charge is 0.303 e. The van der Waals surface area contributed by atoms with Crippen molar-refractivity contribution in [3.8, 4) is 0 Å². The van der Waals surface area contributed by atoms with Crippen molar-refractivity contribution in [2.24, 2.45) is 11.1 Å². The van der Waals surface area contributed by atoms with E-state index in [0.717, 1.165) is 19.3 Å². The molecule has 1 aliphatic carbocycles. The van der Waals surface area contributed by atoms with Crippen molar-refractivity contribution in [1.82, 2.24) is 0 Å². The van der Waals surface area contributed by atoms with Gasteiger partial charge in [0.1, 0.15) is 0 Å². The molecular weight excluding hydrogens is 214 g/mol. The lowest BCUT2D eigenvalue weighted by Crippen LogP contribution is -2.30. The van der Waals surface area contributed by atoms with E-state index in [-0.39, 0.29) is 11.8 Å². The van der Waals surface area contributed by atoms with Gasteiger partial charge in [-0.2, -0.15) is 0 Å². The highest BCUT2D eigenvalue weighted by Crippen LogP contribution is 2.48. The molecule has 1 aliphatic rings. The van der Waals surface area contributed by atoms with Crippen molar-refractivity contribution in [2.45, 2.75) is 31.6 Å². The molecule has 0 heterocycles. The van der Waals surface area contributed by atoms with Crippen LogP contribution in [0.3, 0.4) is 0 Å². The fraction of sp³-hybridized carbons (Fsp3) is 0.500. The third kappa shape index (κ3) is 2.67. The van der Waals surface area contributed by atoms with Gasteiger partial charge < -0.3 is 10.8 Å². The second kappa shape index (κ2) is 4.88. The Morgan fingerprint density at radius 3 is 2.71 bits per heavy atom. The fourth-order valence-electron chi connectivity index (χ4n) is 2.96. The van der Waals surface area contributed by atoms with Gasteiger partial charge >= 0.3 is 5.97 Å². The molecule has 0 radical (unpaired) electrons. The van der Waals surface area contributed by atoms with Crippen LogP contribution in [-0.2, 0) is 4.79 Å². The van der Waals surface area contributed by atoms with Gasteiger partial charge in [0.2, 0.25) is 0 Å². The number of rotatable bonds is 4. The maximum Gasteiger partial charge on any atom is 0.303 e. The summed E-state index contributed by atoms with van der Waals surface area (Å²) in [4.78, 5) is 10.9. The summed E-state index contributed by atoms with van der Waals surface area (Å²) < 4.78 is 0. The van der Waals surface area contributed by atoms with Crippen molar-refractivity contribution in [3.63, 3.8) is 0 Å². The minimum Gasteiger partial charge on any atom is -0.481 e. The Balaban J connectivity index is 2.10. The Hall–Kier alpha value is -1.35. The summed E-state index contributed by atoms with van der Waals surface area (Å²) in [5, 5.41) is 8.97. The monoisotopic (exact) mass is 233 g/mol. The fourth-order valence-corrected chi connectivity index (χ4v) is 2.96. The molecule has 1 aromatic carbocycles. The normalized spacial score (nSPS) is 28.2. The third-order valence-corrected chi connectivity index (χ3v) is 3.93. The summed E-state index contributed by atoms with van der Waals surface area (Å²) in [6.07, 6.45) is 3.08. The lowest BCUT2D eigenvalue weighted by Gasteiger charge is -2.25. The molecule has 1 fully saturated rings. The Morgan fingerprint density at radius 2 is 2.12 bits per heavy atom. The lowest BCUT2D eigenvalue weighted by atomic mass is 9.81. The van der Waals surface area contributed by atoms with Crippen LogP contribution in [0, 0.1) is 5.41 Å². The van der Waals surface area contributed by atoms with Crippen LogP contribution in [0.2, 0.25) is 0 Å². The summed E-state index contributed by atoms with van der Waals surface area (Å²) in [5.41, 5.74) is 6.92. The van der Waals surface area contributed by atoms with Crippen LogP contribution in [0.4, 0.5) is 0 Å². The van der Waals surface area contributed by atoms with Gasteiger partial charge in [-0.3, -0.25) is 4.79 Å². The van der Waals surface area contributed by atoms with Crippen LogP contribution < -0.4 is 5.73 Å². The van der Waals surface area contributed by atoms with Crippen LogP contribution in [0.15, 0.2) is 30.3 Å². The zero-order valence-corrected chi connectivity index (χ0v) is 9.93. The van der Waals surface area contributed by atoms with Gasteiger partial charge in [-0.25, -0.2) is 0 Å². The van der Waals surface area contributed by atoms with Crippen molar-refractivity contribution in [2.75, 3.05) is 6.54 Å². The summed E-state index contributed by atoms with van der Waals surface area (Å²) in [6, 6.07) is 10.3. The van der Waals surface area contributed by atoms with Gasteiger partial charge in [0.15, 0.2) is 0 Å². The molecule has 92 valence electrons. The van der Waals surface area contributed by atoms with Crippen LogP contribution in [0.1, 0.15) is 37.2 Å². The van der Waals surface area contributed by atoms with E-state index in [1.807, 2.05) is 18.2 Å². The van der Waals surface area contributed by atoms with Gasteiger partial charge in [-0.05, 0) is 42.7 Å². The van der Waals surface area contributed by atoms with Crippen molar-refractivity contribution in [3.05, 3.63) is 35.9 Å².